The number of rotatable bonds is 5. The Morgan fingerprint density at radius 2 is 2.03 bits per heavy atom. The fraction of sp³-hybridized carbons (Fsp3) is 0.182. The van der Waals surface area contributed by atoms with Crippen LogP contribution in [0.5, 0.6) is 0 Å². The number of carbonyl (C=O) groups is 1. The van der Waals surface area contributed by atoms with E-state index in [-0.39, 0.29) is 11.8 Å². The molecule has 29 heavy (non-hydrogen) atoms. The Hall–Kier alpha value is -3.74. The monoisotopic (exact) mass is 387 g/mol. The summed E-state index contributed by atoms with van der Waals surface area (Å²) >= 11 is 0. The maximum atomic E-state index is 13.0. The van der Waals surface area contributed by atoms with E-state index in [9.17, 15) is 4.79 Å². The predicted octanol–water partition coefficient (Wildman–Crippen LogP) is 4.61. The van der Waals surface area contributed by atoms with Gasteiger partial charge >= 0.3 is 0 Å². The number of oxazole rings is 1. The third kappa shape index (κ3) is 3.80. The van der Waals surface area contributed by atoms with Crippen molar-refractivity contribution in [2.24, 2.45) is 0 Å². The molecule has 0 fully saturated rings. The van der Waals surface area contributed by atoms with E-state index in [1.807, 2.05) is 63.2 Å². The molecule has 0 saturated heterocycles. The third-order valence-electron chi connectivity index (χ3n) is 4.45. The second kappa shape index (κ2) is 7.71. The number of nitrogens with one attached hydrogen (secondary N) is 1. The highest BCUT2D eigenvalue weighted by atomic mass is 16.3. The van der Waals surface area contributed by atoms with Crippen molar-refractivity contribution >= 4 is 11.6 Å². The minimum Gasteiger partial charge on any atom is -0.444 e. The second-order valence-electron chi connectivity index (χ2n) is 7.03. The molecule has 0 atom stereocenters. The first-order valence-corrected chi connectivity index (χ1v) is 9.36. The van der Waals surface area contributed by atoms with Crippen LogP contribution < -0.4 is 5.32 Å². The maximum Gasteiger partial charge on any atom is 0.259 e. The number of carbonyl (C=O) groups excluding carboxylic acids is 1. The molecular weight excluding hydrogens is 366 g/mol. The lowest BCUT2D eigenvalue weighted by molar-refractivity contribution is 0.102. The molecule has 7 nitrogen and oxygen atoms in total. The van der Waals surface area contributed by atoms with Gasteiger partial charge in [-0.2, -0.15) is 5.10 Å². The maximum absolute atomic E-state index is 13.0. The van der Waals surface area contributed by atoms with E-state index < -0.39 is 0 Å². The van der Waals surface area contributed by atoms with E-state index in [2.05, 4.69) is 20.4 Å². The van der Waals surface area contributed by atoms with E-state index in [4.69, 9.17) is 4.42 Å². The van der Waals surface area contributed by atoms with E-state index in [0.29, 0.717) is 23.0 Å². The molecule has 0 bridgehead atoms. The molecule has 0 aliphatic rings. The quantitative estimate of drug-likeness (QED) is 0.541. The fourth-order valence-electron chi connectivity index (χ4n) is 3.16. The lowest BCUT2D eigenvalue weighted by Crippen LogP contribution is -2.15. The van der Waals surface area contributed by atoms with E-state index >= 15 is 0 Å². The fourth-order valence-corrected chi connectivity index (χ4v) is 3.16. The van der Waals surface area contributed by atoms with Gasteiger partial charge in [-0.3, -0.25) is 4.79 Å². The number of aryl methyl sites for hydroxylation is 1. The number of nitrogens with zero attached hydrogens (tertiary/aromatic N) is 4. The Morgan fingerprint density at radius 3 is 2.72 bits per heavy atom. The SMILES string of the molecule is Cc1coc(-c2cccc(NC(=O)c3cnn(-c4ccccn4)c3C(C)C)c2)n1. The van der Waals surface area contributed by atoms with Crippen LogP contribution in [0.3, 0.4) is 0 Å². The highest BCUT2D eigenvalue weighted by molar-refractivity contribution is 6.05. The third-order valence-corrected chi connectivity index (χ3v) is 4.45. The van der Waals surface area contributed by atoms with Gasteiger partial charge in [-0.1, -0.05) is 26.0 Å². The van der Waals surface area contributed by atoms with Crippen molar-refractivity contribution in [1.29, 1.82) is 0 Å². The molecular formula is C22H21N5O2. The molecule has 7 heteroatoms. The predicted molar refractivity (Wildman–Crippen MR) is 110 cm³/mol. The van der Waals surface area contributed by atoms with Gasteiger partial charge in [-0.05, 0) is 43.2 Å². The number of hydrogen-bond acceptors (Lipinski definition) is 5. The first-order chi connectivity index (χ1) is 14.0. The largest absolute Gasteiger partial charge is 0.444 e. The van der Waals surface area contributed by atoms with Crippen molar-refractivity contribution in [2.45, 2.75) is 26.7 Å². The van der Waals surface area contributed by atoms with Gasteiger partial charge in [0.25, 0.3) is 5.91 Å². The van der Waals surface area contributed by atoms with Gasteiger partial charge in [0, 0.05) is 17.4 Å². The molecule has 0 aliphatic heterocycles. The van der Waals surface area contributed by atoms with Crippen molar-refractivity contribution < 1.29 is 9.21 Å². The van der Waals surface area contributed by atoms with E-state index in [0.717, 1.165) is 17.0 Å². The van der Waals surface area contributed by atoms with Crippen molar-refractivity contribution in [3.63, 3.8) is 0 Å². The van der Waals surface area contributed by atoms with Gasteiger partial charge in [0.05, 0.1) is 23.1 Å². The van der Waals surface area contributed by atoms with Crippen LogP contribution in [0.1, 0.15) is 41.5 Å². The summed E-state index contributed by atoms with van der Waals surface area (Å²) in [7, 11) is 0. The smallest absolute Gasteiger partial charge is 0.259 e. The minimum atomic E-state index is -0.225. The molecule has 4 aromatic rings. The molecule has 0 spiro atoms. The highest BCUT2D eigenvalue weighted by Gasteiger charge is 2.21. The highest BCUT2D eigenvalue weighted by Crippen LogP contribution is 2.25. The Labute approximate surface area is 168 Å². The summed E-state index contributed by atoms with van der Waals surface area (Å²) in [6, 6.07) is 13.0. The zero-order chi connectivity index (χ0) is 20.4. The van der Waals surface area contributed by atoms with Crippen molar-refractivity contribution in [2.75, 3.05) is 5.32 Å². The normalized spacial score (nSPS) is 11.0. The molecule has 3 aromatic heterocycles. The van der Waals surface area contributed by atoms with E-state index in [1.54, 1.807) is 23.3 Å². The van der Waals surface area contributed by atoms with Crippen LogP contribution in [0.15, 0.2) is 65.5 Å². The number of anilines is 1. The topological polar surface area (TPSA) is 85.8 Å². The summed E-state index contributed by atoms with van der Waals surface area (Å²) in [6.07, 6.45) is 4.89. The van der Waals surface area contributed by atoms with Gasteiger partial charge in [-0.25, -0.2) is 14.6 Å². The van der Waals surface area contributed by atoms with Crippen LogP contribution in [0, 0.1) is 6.92 Å². The molecule has 0 radical (unpaired) electrons. The number of benzene rings is 1. The average molecular weight is 387 g/mol. The number of hydrogen-bond donors (Lipinski definition) is 1. The van der Waals surface area contributed by atoms with E-state index in [1.165, 1.54) is 0 Å². The summed E-state index contributed by atoms with van der Waals surface area (Å²) in [5, 5.41) is 7.36. The molecule has 4 rings (SSSR count). The van der Waals surface area contributed by atoms with Gasteiger partial charge in [-0.15, -0.1) is 0 Å². The Morgan fingerprint density at radius 1 is 1.17 bits per heavy atom. The number of aromatic nitrogens is 4. The minimum absolute atomic E-state index is 0.0851. The summed E-state index contributed by atoms with van der Waals surface area (Å²) in [5.41, 5.74) is 3.58. The van der Waals surface area contributed by atoms with Crippen LogP contribution in [-0.4, -0.2) is 25.7 Å². The zero-order valence-electron chi connectivity index (χ0n) is 16.5. The molecule has 1 N–H and O–H groups in total. The van der Waals surface area contributed by atoms with Crippen LogP contribution in [-0.2, 0) is 0 Å². The molecule has 0 unspecified atom stereocenters. The first kappa shape index (κ1) is 18.6. The van der Waals surface area contributed by atoms with Gasteiger partial charge in [0.2, 0.25) is 5.89 Å². The first-order valence-electron chi connectivity index (χ1n) is 9.36. The van der Waals surface area contributed by atoms with Gasteiger partial charge < -0.3 is 9.73 Å². The summed E-state index contributed by atoms with van der Waals surface area (Å²) in [5.74, 6) is 1.06. The van der Waals surface area contributed by atoms with Crippen molar-refractivity contribution in [3.05, 3.63) is 78.1 Å². The summed E-state index contributed by atoms with van der Waals surface area (Å²) in [4.78, 5) is 21.7. The van der Waals surface area contributed by atoms with Crippen LogP contribution in [0.2, 0.25) is 0 Å². The molecule has 146 valence electrons. The lowest BCUT2D eigenvalue weighted by atomic mass is 10.1. The number of amides is 1. The number of pyridine rings is 1. The van der Waals surface area contributed by atoms with Crippen molar-refractivity contribution in [1.82, 2.24) is 19.7 Å². The molecule has 3 heterocycles. The lowest BCUT2D eigenvalue weighted by Gasteiger charge is -2.12. The van der Waals surface area contributed by atoms with Crippen LogP contribution in [0.25, 0.3) is 17.3 Å². The second-order valence-corrected chi connectivity index (χ2v) is 7.03. The van der Waals surface area contributed by atoms with Gasteiger partial charge in [0.15, 0.2) is 5.82 Å². The van der Waals surface area contributed by atoms with Gasteiger partial charge in [0.1, 0.15) is 6.26 Å². The molecule has 0 aliphatic carbocycles. The Kier molecular flexibility index (Phi) is 4.95. The summed E-state index contributed by atoms with van der Waals surface area (Å²) in [6.45, 7) is 5.92. The molecule has 1 amide bonds. The zero-order valence-corrected chi connectivity index (χ0v) is 16.5. The average Bonchev–Trinajstić information content (AvgIpc) is 3.35. The van der Waals surface area contributed by atoms with Crippen molar-refractivity contribution in [3.8, 4) is 17.3 Å². The summed E-state index contributed by atoms with van der Waals surface area (Å²) < 4.78 is 7.17. The Bertz CT molecular complexity index is 1140. The molecule has 0 saturated carbocycles. The van der Waals surface area contributed by atoms with Crippen LogP contribution >= 0.6 is 0 Å². The molecule has 1 aromatic carbocycles. The Balaban J connectivity index is 1.63. The van der Waals surface area contributed by atoms with Crippen LogP contribution in [0.4, 0.5) is 5.69 Å². The standard InChI is InChI=1S/C22H21N5O2/c1-14(2)20-18(12-24-27(20)19-9-4-5-10-23-19)21(28)26-17-8-6-7-16(11-17)22-25-15(3)13-29-22/h4-14H,1-3H3,(H,26,28).